The summed E-state index contributed by atoms with van der Waals surface area (Å²) in [7, 11) is 1.64. The van der Waals surface area contributed by atoms with Crippen molar-refractivity contribution in [2.24, 2.45) is 0 Å². The molecular formula is C4H10N2O2. The molecule has 0 spiro atoms. The number of hydrogen-bond donors (Lipinski definition) is 3. The normalized spacial score (nSPS) is 12.9. The highest BCUT2D eigenvalue weighted by molar-refractivity contribution is 5.79. The largest absolute Gasteiger partial charge is 0.309 e. The average molecular weight is 118 g/mol. The molecule has 0 fully saturated rings. The summed E-state index contributed by atoms with van der Waals surface area (Å²) in [5.41, 5.74) is 1.51. The number of carbonyl (C=O) groups is 1. The van der Waals surface area contributed by atoms with Crippen LogP contribution < -0.4 is 10.8 Å². The van der Waals surface area contributed by atoms with Gasteiger partial charge in [0.25, 0.3) is 5.91 Å². The standard InChI is InChI=1S/C4H10N2O2/c1-3(5-2)4(7)6-8/h3,5,8H,1-2H3,(H,6,7). The summed E-state index contributed by atoms with van der Waals surface area (Å²) in [6, 6.07) is -0.333. The van der Waals surface area contributed by atoms with Crippen LogP contribution in [0.5, 0.6) is 0 Å². The molecule has 4 heteroatoms. The van der Waals surface area contributed by atoms with Crippen molar-refractivity contribution >= 4 is 5.91 Å². The van der Waals surface area contributed by atoms with E-state index in [0.717, 1.165) is 0 Å². The fraction of sp³-hybridized carbons (Fsp3) is 0.750. The summed E-state index contributed by atoms with van der Waals surface area (Å²) in [5.74, 6) is -0.424. The molecular weight excluding hydrogens is 108 g/mol. The Balaban J connectivity index is 3.46. The Bertz CT molecular complexity index is 84.1. The minimum Gasteiger partial charge on any atom is -0.309 e. The summed E-state index contributed by atoms with van der Waals surface area (Å²) in [6.45, 7) is 1.64. The van der Waals surface area contributed by atoms with Crippen molar-refractivity contribution in [3.05, 3.63) is 0 Å². The average Bonchev–Trinajstić information content (AvgIpc) is 1.84. The lowest BCUT2D eigenvalue weighted by Gasteiger charge is -2.04. The molecule has 0 saturated carbocycles. The van der Waals surface area contributed by atoms with Crippen LogP contribution in [0.4, 0.5) is 0 Å². The van der Waals surface area contributed by atoms with Gasteiger partial charge >= 0.3 is 0 Å². The topological polar surface area (TPSA) is 61.4 Å². The van der Waals surface area contributed by atoms with Crippen LogP contribution in [-0.4, -0.2) is 24.2 Å². The summed E-state index contributed by atoms with van der Waals surface area (Å²) in [6.07, 6.45) is 0. The van der Waals surface area contributed by atoms with E-state index in [0.29, 0.717) is 0 Å². The highest BCUT2D eigenvalue weighted by atomic mass is 16.5. The molecule has 0 aromatic rings. The second-order valence-electron chi connectivity index (χ2n) is 1.49. The van der Waals surface area contributed by atoms with Gasteiger partial charge in [0, 0.05) is 0 Å². The van der Waals surface area contributed by atoms with Gasteiger partial charge in [-0.25, -0.2) is 5.48 Å². The van der Waals surface area contributed by atoms with Gasteiger partial charge in [0.15, 0.2) is 0 Å². The van der Waals surface area contributed by atoms with Crippen LogP contribution in [0.15, 0.2) is 0 Å². The van der Waals surface area contributed by atoms with Gasteiger partial charge < -0.3 is 5.32 Å². The maximum atomic E-state index is 10.3. The molecule has 0 aromatic heterocycles. The molecule has 8 heavy (non-hydrogen) atoms. The van der Waals surface area contributed by atoms with Gasteiger partial charge in [-0.2, -0.15) is 0 Å². The molecule has 1 amide bonds. The van der Waals surface area contributed by atoms with Gasteiger partial charge in [0.2, 0.25) is 0 Å². The Kier molecular flexibility index (Phi) is 3.14. The molecule has 0 aliphatic heterocycles. The second-order valence-corrected chi connectivity index (χ2v) is 1.49. The first-order valence-corrected chi connectivity index (χ1v) is 2.33. The van der Waals surface area contributed by atoms with Crippen LogP contribution in [0.3, 0.4) is 0 Å². The molecule has 0 aromatic carbocycles. The molecule has 0 aliphatic rings. The molecule has 0 bridgehead atoms. The van der Waals surface area contributed by atoms with E-state index in [2.05, 4.69) is 5.32 Å². The first-order chi connectivity index (χ1) is 3.72. The number of hydrogen-bond acceptors (Lipinski definition) is 3. The fourth-order valence-corrected chi connectivity index (χ4v) is 0.228. The maximum Gasteiger partial charge on any atom is 0.260 e. The smallest absolute Gasteiger partial charge is 0.260 e. The van der Waals surface area contributed by atoms with Crippen LogP contribution in [0.2, 0.25) is 0 Å². The van der Waals surface area contributed by atoms with Crippen molar-refractivity contribution in [1.82, 2.24) is 10.8 Å². The van der Waals surface area contributed by atoms with E-state index in [4.69, 9.17) is 5.21 Å². The zero-order chi connectivity index (χ0) is 6.57. The van der Waals surface area contributed by atoms with Gasteiger partial charge in [0.05, 0.1) is 6.04 Å². The number of rotatable bonds is 2. The highest BCUT2D eigenvalue weighted by Crippen LogP contribution is 1.74. The number of nitrogens with one attached hydrogen (secondary N) is 2. The van der Waals surface area contributed by atoms with Crippen molar-refractivity contribution in [3.63, 3.8) is 0 Å². The number of likely N-dealkylation sites (N-methyl/N-ethyl adjacent to an activating group) is 1. The van der Waals surface area contributed by atoms with Gasteiger partial charge in [-0.05, 0) is 14.0 Å². The van der Waals surface area contributed by atoms with E-state index < -0.39 is 5.91 Å². The zero-order valence-corrected chi connectivity index (χ0v) is 4.93. The van der Waals surface area contributed by atoms with Crippen molar-refractivity contribution < 1.29 is 10.0 Å². The third-order valence-corrected chi connectivity index (χ3v) is 0.936. The Hall–Kier alpha value is -0.610. The number of amides is 1. The summed E-state index contributed by atoms with van der Waals surface area (Å²) in [4.78, 5) is 10.3. The number of carbonyl (C=O) groups excluding carboxylic acids is 1. The predicted octanol–water partition coefficient (Wildman–Crippen LogP) is -0.900. The molecule has 4 nitrogen and oxygen atoms in total. The second kappa shape index (κ2) is 3.40. The third-order valence-electron chi connectivity index (χ3n) is 0.936. The Morgan fingerprint density at radius 2 is 2.25 bits per heavy atom. The first kappa shape index (κ1) is 7.39. The maximum absolute atomic E-state index is 10.3. The predicted molar refractivity (Wildman–Crippen MR) is 28.5 cm³/mol. The van der Waals surface area contributed by atoms with Crippen LogP contribution in [0, 0.1) is 0 Å². The van der Waals surface area contributed by atoms with Crippen LogP contribution in [0.25, 0.3) is 0 Å². The van der Waals surface area contributed by atoms with Gasteiger partial charge in [0.1, 0.15) is 0 Å². The van der Waals surface area contributed by atoms with Crippen LogP contribution >= 0.6 is 0 Å². The molecule has 0 heterocycles. The van der Waals surface area contributed by atoms with E-state index in [9.17, 15) is 4.79 Å². The summed E-state index contributed by atoms with van der Waals surface area (Å²) >= 11 is 0. The van der Waals surface area contributed by atoms with Gasteiger partial charge in [-0.3, -0.25) is 10.0 Å². The minimum absolute atomic E-state index is 0.333. The Morgan fingerprint density at radius 3 is 2.38 bits per heavy atom. The molecule has 48 valence electrons. The van der Waals surface area contributed by atoms with Gasteiger partial charge in [-0.1, -0.05) is 0 Å². The molecule has 0 saturated heterocycles. The molecule has 0 radical (unpaired) electrons. The van der Waals surface area contributed by atoms with Gasteiger partial charge in [-0.15, -0.1) is 0 Å². The summed E-state index contributed by atoms with van der Waals surface area (Å²) < 4.78 is 0. The van der Waals surface area contributed by atoms with Crippen LogP contribution in [-0.2, 0) is 4.79 Å². The molecule has 1 atom stereocenters. The zero-order valence-electron chi connectivity index (χ0n) is 4.93. The van der Waals surface area contributed by atoms with Crippen molar-refractivity contribution in [1.29, 1.82) is 0 Å². The van der Waals surface area contributed by atoms with E-state index in [1.807, 2.05) is 0 Å². The Morgan fingerprint density at radius 1 is 1.75 bits per heavy atom. The first-order valence-electron chi connectivity index (χ1n) is 2.33. The van der Waals surface area contributed by atoms with Crippen molar-refractivity contribution in [2.75, 3.05) is 7.05 Å². The summed E-state index contributed by atoms with van der Waals surface area (Å²) in [5, 5.41) is 10.6. The Labute approximate surface area is 47.8 Å². The number of hydroxylamine groups is 1. The minimum atomic E-state index is -0.424. The fourth-order valence-electron chi connectivity index (χ4n) is 0.228. The van der Waals surface area contributed by atoms with E-state index in [1.54, 1.807) is 14.0 Å². The third kappa shape index (κ3) is 1.90. The van der Waals surface area contributed by atoms with E-state index in [1.165, 1.54) is 5.48 Å². The van der Waals surface area contributed by atoms with Crippen molar-refractivity contribution in [3.8, 4) is 0 Å². The monoisotopic (exact) mass is 118 g/mol. The highest BCUT2D eigenvalue weighted by Gasteiger charge is 2.06. The molecule has 0 aliphatic carbocycles. The lowest BCUT2D eigenvalue weighted by atomic mass is 10.3. The lowest BCUT2D eigenvalue weighted by Crippen LogP contribution is -2.38. The SMILES string of the molecule is CNC(C)C(=O)NO. The molecule has 0 rings (SSSR count). The van der Waals surface area contributed by atoms with E-state index in [-0.39, 0.29) is 6.04 Å². The van der Waals surface area contributed by atoms with Crippen molar-refractivity contribution in [2.45, 2.75) is 13.0 Å². The lowest BCUT2D eigenvalue weighted by molar-refractivity contribution is -0.130. The molecule has 3 N–H and O–H groups in total. The van der Waals surface area contributed by atoms with E-state index >= 15 is 0 Å². The quantitative estimate of drug-likeness (QED) is 0.325. The van der Waals surface area contributed by atoms with Crippen LogP contribution in [0.1, 0.15) is 6.92 Å². The molecule has 1 unspecified atom stereocenters.